The lowest BCUT2D eigenvalue weighted by atomic mass is 9.96. The van der Waals surface area contributed by atoms with Gasteiger partial charge in [0.15, 0.2) is 6.61 Å². The molecule has 2 amide bonds. The minimum Gasteiger partial charge on any atom is -0.483 e. The second-order valence-electron chi connectivity index (χ2n) is 9.51. The molecular weight excluding hydrogens is 412 g/mol. The Bertz CT molecular complexity index is 1160. The molecule has 0 radical (unpaired) electrons. The van der Waals surface area contributed by atoms with E-state index in [0.717, 1.165) is 16.7 Å². The van der Waals surface area contributed by atoms with Gasteiger partial charge in [0.05, 0.1) is 0 Å². The van der Waals surface area contributed by atoms with Gasteiger partial charge in [-0.25, -0.2) is 0 Å². The smallest absolute Gasteiger partial charge is 0.261 e. The number of hydrogen-bond donors (Lipinski definition) is 1. The van der Waals surface area contributed by atoms with Gasteiger partial charge in [0, 0.05) is 17.6 Å². The molecule has 3 aromatic carbocycles. The fraction of sp³-hybridized carbons (Fsp3) is 0.286. The number of carbonyl (C=O) groups is 2. The first-order valence-corrected chi connectivity index (χ1v) is 11.2. The molecule has 0 fully saturated rings. The molecule has 0 saturated carbocycles. The molecule has 0 saturated heterocycles. The summed E-state index contributed by atoms with van der Waals surface area (Å²) in [6, 6.07) is 22.9. The van der Waals surface area contributed by atoms with Gasteiger partial charge in [0.1, 0.15) is 11.8 Å². The highest BCUT2D eigenvalue weighted by atomic mass is 16.5. The van der Waals surface area contributed by atoms with E-state index in [1.54, 1.807) is 4.90 Å². The molecule has 0 bridgehead atoms. The van der Waals surface area contributed by atoms with Gasteiger partial charge >= 0.3 is 0 Å². The number of amides is 2. The zero-order chi connectivity index (χ0) is 23.6. The van der Waals surface area contributed by atoms with Crippen LogP contribution in [0.2, 0.25) is 0 Å². The predicted octanol–water partition coefficient (Wildman–Crippen LogP) is 5.04. The molecule has 1 N–H and O–H groups in total. The van der Waals surface area contributed by atoms with Gasteiger partial charge in [0.25, 0.3) is 5.91 Å². The zero-order valence-corrected chi connectivity index (χ0v) is 19.6. The van der Waals surface area contributed by atoms with E-state index < -0.39 is 11.6 Å². The Hall–Kier alpha value is -3.60. The standard InChI is InChI=1S/C28H30N2O3/c1-19-13-15-20(16-14-19)22-10-6-5-9-21(22)17-30-25(31)18-33-24-12-8-7-11-23(24)26(30)27(32)29-28(2,3)4/h5-16,26H,17-18H2,1-4H3,(H,29,32). The third-order valence-electron chi connectivity index (χ3n) is 5.66. The molecule has 0 aromatic heterocycles. The average molecular weight is 443 g/mol. The van der Waals surface area contributed by atoms with Gasteiger partial charge in [-0.15, -0.1) is 0 Å². The monoisotopic (exact) mass is 442 g/mol. The molecule has 5 heteroatoms. The molecule has 1 unspecified atom stereocenters. The maximum absolute atomic E-state index is 13.5. The van der Waals surface area contributed by atoms with Crippen LogP contribution < -0.4 is 10.1 Å². The van der Waals surface area contributed by atoms with E-state index in [4.69, 9.17) is 4.74 Å². The van der Waals surface area contributed by atoms with Crippen molar-refractivity contribution >= 4 is 11.8 Å². The van der Waals surface area contributed by atoms with Crippen molar-refractivity contribution in [1.82, 2.24) is 10.2 Å². The van der Waals surface area contributed by atoms with Gasteiger partial charge in [0.2, 0.25) is 5.91 Å². The minimum absolute atomic E-state index is 0.108. The Kier molecular flexibility index (Phi) is 6.23. The first-order chi connectivity index (χ1) is 15.7. The Labute approximate surface area is 195 Å². The molecular formula is C28H30N2O3. The maximum atomic E-state index is 13.5. The number of rotatable bonds is 4. The summed E-state index contributed by atoms with van der Waals surface area (Å²) in [5.74, 6) is 0.120. The number of aryl methyl sites for hydroxylation is 1. The van der Waals surface area contributed by atoms with E-state index in [9.17, 15) is 9.59 Å². The highest BCUT2D eigenvalue weighted by Gasteiger charge is 2.37. The van der Waals surface area contributed by atoms with Crippen LogP contribution in [0.4, 0.5) is 0 Å². The van der Waals surface area contributed by atoms with Crippen molar-refractivity contribution < 1.29 is 14.3 Å². The third kappa shape index (κ3) is 5.08. The Balaban J connectivity index is 1.77. The van der Waals surface area contributed by atoms with E-state index in [2.05, 4.69) is 42.6 Å². The van der Waals surface area contributed by atoms with E-state index in [1.807, 2.05) is 63.2 Å². The second-order valence-corrected chi connectivity index (χ2v) is 9.51. The Morgan fingerprint density at radius 1 is 1.00 bits per heavy atom. The molecule has 0 aliphatic carbocycles. The quantitative estimate of drug-likeness (QED) is 0.616. The normalized spacial score (nSPS) is 15.9. The summed E-state index contributed by atoms with van der Waals surface area (Å²) in [7, 11) is 0. The van der Waals surface area contributed by atoms with Crippen LogP contribution in [0, 0.1) is 6.92 Å². The van der Waals surface area contributed by atoms with Crippen LogP contribution in [0.25, 0.3) is 11.1 Å². The van der Waals surface area contributed by atoms with Gasteiger partial charge in [-0.05, 0) is 50.5 Å². The summed E-state index contributed by atoms with van der Waals surface area (Å²) in [5.41, 5.74) is 4.53. The molecule has 170 valence electrons. The third-order valence-corrected chi connectivity index (χ3v) is 5.66. The molecule has 1 aliphatic rings. The van der Waals surface area contributed by atoms with Crippen LogP contribution in [0.1, 0.15) is 43.5 Å². The summed E-state index contributed by atoms with van der Waals surface area (Å²) in [5, 5.41) is 3.06. The van der Waals surface area contributed by atoms with Crippen LogP contribution in [0.15, 0.2) is 72.8 Å². The van der Waals surface area contributed by atoms with Crippen LogP contribution in [-0.2, 0) is 16.1 Å². The molecule has 3 aromatic rings. The van der Waals surface area contributed by atoms with Crippen molar-refractivity contribution in [2.45, 2.75) is 45.8 Å². The average Bonchev–Trinajstić information content (AvgIpc) is 2.90. The lowest BCUT2D eigenvalue weighted by molar-refractivity contribution is -0.142. The number of nitrogens with one attached hydrogen (secondary N) is 1. The molecule has 33 heavy (non-hydrogen) atoms. The molecule has 5 nitrogen and oxygen atoms in total. The van der Waals surface area contributed by atoms with Crippen molar-refractivity contribution in [3.63, 3.8) is 0 Å². The summed E-state index contributed by atoms with van der Waals surface area (Å²) in [6.07, 6.45) is 0. The molecule has 1 aliphatic heterocycles. The van der Waals surface area contributed by atoms with Crippen molar-refractivity contribution in [2.24, 2.45) is 0 Å². The number of nitrogens with zero attached hydrogens (tertiary/aromatic N) is 1. The molecule has 4 rings (SSSR count). The minimum atomic E-state index is -0.790. The number of ether oxygens (including phenoxy) is 1. The predicted molar refractivity (Wildman–Crippen MR) is 130 cm³/mol. The first-order valence-electron chi connectivity index (χ1n) is 11.2. The lowest BCUT2D eigenvalue weighted by Gasteiger charge is -2.32. The Morgan fingerprint density at radius 2 is 1.67 bits per heavy atom. The number of benzene rings is 3. The van der Waals surface area contributed by atoms with Gasteiger partial charge in [-0.2, -0.15) is 0 Å². The van der Waals surface area contributed by atoms with E-state index in [1.165, 1.54) is 5.56 Å². The number of fused-ring (bicyclic) bond motifs is 1. The first kappa shape index (κ1) is 22.6. The second kappa shape index (κ2) is 9.10. The van der Waals surface area contributed by atoms with Crippen LogP contribution in [0.3, 0.4) is 0 Å². The molecule has 1 heterocycles. The largest absolute Gasteiger partial charge is 0.483 e. The lowest BCUT2D eigenvalue weighted by Crippen LogP contribution is -2.49. The number of hydrogen-bond acceptors (Lipinski definition) is 3. The highest BCUT2D eigenvalue weighted by Crippen LogP contribution is 2.35. The molecule has 0 spiro atoms. The van der Waals surface area contributed by atoms with Crippen LogP contribution >= 0.6 is 0 Å². The van der Waals surface area contributed by atoms with Crippen molar-refractivity contribution in [3.8, 4) is 16.9 Å². The van der Waals surface area contributed by atoms with Gasteiger partial charge < -0.3 is 15.0 Å². The fourth-order valence-electron chi connectivity index (χ4n) is 4.13. The van der Waals surface area contributed by atoms with E-state index >= 15 is 0 Å². The maximum Gasteiger partial charge on any atom is 0.261 e. The summed E-state index contributed by atoms with van der Waals surface area (Å²) in [6.45, 7) is 8.04. The zero-order valence-electron chi connectivity index (χ0n) is 19.6. The topological polar surface area (TPSA) is 58.6 Å². The summed E-state index contributed by atoms with van der Waals surface area (Å²) >= 11 is 0. The van der Waals surface area contributed by atoms with E-state index in [0.29, 0.717) is 17.9 Å². The molecule has 1 atom stereocenters. The van der Waals surface area contributed by atoms with Crippen LogP contribution in [0.5, 0.6) is 5.75 Å². The number of para-hydroxylation sites is 1. The van der Waals surface area contributed by atoms with E-state index in [-0.39, 0.29) is 18.4 Å². The number of carbonyl (C=O) groups excluding carboxylic acids is 2. The Morgan fingerprint density at radius 3 is 2.39 bits per heavy atom. The van der Waals surface area contributed by atoms with Crippen molar-refractivity contribution in [2.75, 3.05) is 6.61 Å². The summed E-state index contributed by atoms with van der Waals surface area (Å²) in [4.78, 5) is 28.4. The summed E-state index contributed by atoms with van der Waals surface area (Å²) < 4.78 is 5.80. The van der Waals surface area contributed by atoms with Crippen LogP contribution in [-0.4, -0.2) is 28.9 Å². The van der Waals surface area contributed by atoms with Crippen molar-refractivity contribution in [1.29, 1.82) is 0 Å². The SMILES string of the molecule is Cc1ccc(-c2ccccc2CN2C(=O)COc3ccccc3C2C(=O)NC(C)(C)C)cc1. The van der Waals surface area contributed by atoms with Crippen molar-refractivity contribution in [3.05, 3.63) is 89.5 Å². The fourth-order valence-corrected chi connectivity index (χ4v) is 4.13. The highest BCUT2D eigenvalue weighted by molar-refractivity contribution is 5.91. The van der Waals surface area contributed by atoms with Gasteiger partial charge in [-0.3, -0.25) is 9.59 Å². The van der Waals surface area contributed by atoms with Gasteiger partial charge in [-0.1, -0.05) is 72.3 Å².